The summed E-state index contributed by atoms with van der Waals surface area (Å²) >= 11 is 0. The van der Waals surface area contributed by atoms with Gasteiger partial charge in [-0.25, -0.2) is 0 Å². The van der Waals surface area contributed by atoms with Gasteiger partial charge in [0.05, 0.1) is 24.4 Å². The molecule has 0 saturated carbocycles. The number of aliphatic hydroxyl groups excluding tert-OH is 1. The molecule has 1 aliphatic rings. The first-order valence-electron chi connectivity index (χ1n) is 10.4. The van der Waals surface area contributed by atoms with Crippen molar-refractivity contribution in [2.24, 2.45) is 0 Å². The third-order valence-corrected chi connectivity index (χ3v) is 5.89. The molecule has 158 valence electrons. The van der Waals surface area contributed by atoms with E-state index in [1.54, 1.807) is 24.3 Å². The summed E-state index contributed by atoms with van der Waals surface area (Å²) in [6.45, 7) is 2.07. The van der Waals surface area contributed by atoms with Crippen LogP contribution >= 0.6 is 0 Å². The highest BCUT2D eigenvalue weighted by atomic mass is 16.3. The lowest BCUT2D eigenvalue weighted by Gasteiger charge is -2.25. The van der Waals surface area contributed by atoms with E-state index < -0.39 is 17.7 Å². The largest absolute Gasteiger partial charge is 0.507 e. The Labute approximate surface area is 185 Å². The van der Waals surface area contributed by atoms with E-state index >= 15 is 0 Å². The highest BCUT2D eigenvalue weighted by Crippen LogP contribution is 2.42. The van der Waals surface area contributed by atoms with Crippen LogP contribution in [0.3, 0.4) is 0 Å². The van der Waals surface area contributed by atoms with Gasteiger partial charge in [-0.2, -0.15) is 0 Å². The van der Waals surface area contributed by atoms with E-state index in [1.165, 1.54) is 11.2 Å². The molecule has 5 nitrogen and oxygen atoms in total. The minimum Gasteiger partial charge on any atom is -0.507 e. The van der Waals surface area contributed by atoms with Crippen LogP contribution in [0.5, 0.6) is 0 Å². The fourth-order valence-electron chi connectivity index (χ4n) is 4.29. The molecule has 1 amide bonds. The van der Waals surface area contributed by atoms with Crippen molar-refractivity contribution in [3.05, 3.63) is 113 Å². The van der Waals surface area contributed by atoms with Crippen LogP contribution in [0.25, 0.3) is 16.5 Å². The number of likely N-dealkylation sites (tertiary alicyclic amines) is 1. The van der Waals surface area contributed by atoms with E-state index in [0.717, 1.165) is 21.9 Å². The number of aryl methyl sites for hydroxylation is 1. The molecule has 5 heteroatoms. The summed E-state index contributed by atoms with van der Waals surface area (Å²) in [6, 6.07) is 23.6. The highest BCUT2D eigenvalue weighted by Gasteiger charge is 2.46. The van der Waals surface area contributed by atoms with Crippen LogP contribution in [0.1, 0.15) is 28.5 Å². The van der Waals surface area contributed by atoms with E-state index in [9.17, 15) is 14.7 Å². The fourth-order valence-corrected chi connectivity index (χ4v) is 4.29. The molecule has 1 atom stereocenters. The Morgan fingerprint density at radius 1 is 0.938 bits per heavy atom. The predicted octanol–water partition coefficient (Wildman–Crippen LogP) is 5.36. The van der Waals surface area contributed by atoms with Gasteiger partial charge in [0.2, 0.25) is 0 Å². The van der Waals surface area contributed by atoms with Crippen molar-refractivity contribution >= 4 is 28.2 Å². The van der Waals surface area contributed by atoms with Gasteiger partial charge >= 0.3 is 0 Å². The molecule has 1 fully saturated rings. The third kappa shape index (κ3) is 3.28. The third-order valence-electron chi connectivity index (χ3n) is 5.89. The number of amides is 1. The summed E-state index contributed by atoms with van der Waals surface area (Å²) in [5.41, 5.74) is 2.39. The molecule has 1 aromatic heterocycles. The van der Waals surface area contributed by atoms with Gasteiger partial charge in [-0.15, -0.1) is 0 Å². The molecule has 1 N–H and O–H groups in total. The second-order valence-corrected chi connectivity index (χ2v) is 7.94. The molecule has 5 rings (SSSR count). The number of carbonyl (C=O) groups excluding carboxylic acids is 2. The molecule has 1 saturated heterocycles. The summed E-state index contributed by atoms with van der Waals surface area (Å²) in [5.74, 6) is -0.976. The number of furan rings is 1. The monoisotopic (exact) mass is 423 g/mol. The van der Waals surface area contributed by atoms with Crippen LogP contribution in [-0.4, -0.2) is 21.7 Å². The average Bonchev–Trinajstić information content (AvgIpc) is 3.41. The van der Waals surface area contributed by atoms with Crippen LogP contribution in [0.15, 0.2) is 95.1 Å². The standard InChI is InChI=1S/C27H21NO4/c1-17-11-13-19(14-12-17)25(29)23-24(22-10-4-7-18-6-2-3-9-21(18)22)28(27(31)26(23)30)16-20-8-5-15-32-20/h2-15,24,29H,16H2,1H3/b25-23-. The molecule has 32 heavy (non-hydrogen) atoms. The first-order chi connectivity index (χ1) is 15.5. The molecule has 2 heterocycles. The van der Waals surface area contributed by atoms with Crippen molar-refractivity contribution in [3.8, 4) is 0 Å². The van der Waals surface area contributed by atoms with Crippen LogP contribution < -0.4 is 0 Å². The predicted molar refractivity (Wildman–Crippen MR) is 122 cm³/mol. The minimum absolute atomic E-state index is 0.0850. The maximum Gasteiger partial charge on any atom is 0.296 e. The average molecular weight is 423 g/mol. The lowest BCUT2D eigenvalue weighted by molar-refractivity contribution is -0.140. The Morgan fingerprint density at radius 2 is 1.69 bits per heavy atom. The van der Waals surface area contributed by atoms with Crippen molar-refractivity contribution < 1.29 is 19.1 Å². The van der Waals surface area contributed by atoms with E-state index in [4.69, 9.17) is 4.42 Å². The van der Waals surface area contributed by atoms with Gasteiger partial charge in [0.1, 0.15) is 11.5 Å². The van der Waals surface area contributed by atoms with Gasteiger partial charge in [0.25, 0.3) is 11.7 Å². The Bertz CT molecular complexity index is 1340. The quantitative estimate of drug-likeness (QED) is 0.272. The number of fused-ring (bicyclic) bond motifs is 1. The number of nitrogens with zero attached hydrogens (tertiary/aromatic N) is 1. The van der Waals surface area contributed by atoms with Gasteiger partial charge in [-0.3, -0.25) is 9.59 Å². The van der Waals surface area contributed by atoms with Crippen molar-refractivity contribution in [1.82, 2.24) is 4.90 Å². The zero-order chi connectivity index (χ0) is 22.2. The van der Waals surface area contributed by atoms with Crippen molar-refractivity contribution in [2.75, 3.05) is 0 Å². The lowest BCUT2D eigenvalue weighted by Crippen LogP contribution is -2.29. The molecular weight excluding hydrogens is 402 g/mol. The molecule has 4 aromatic rings. The number of rotatable bonds is 4. The second kappa shape index (κ2) is 7.85. The van der Waals surface area contributed by atoms with Crippen LogP contribution in [-0.2, 0) is 16.1 Å². The maximum absolute atomic E-state index is 13.2. The van der Waals surface area contributed by atoms with E-state index in [2.05, 4.69) is 0 Å². The van der Waals surface area contributed by atoms with Gasteiger partial charge in [0.15, 0.2) is 0 Å². The summed E-state index contributed by atoms with van der Waals surface area (Å²) in [7, 11) is 0. The topological polar surface area (TPSA) is 70.8 Å². The molecule has 3 aromatic carbocycles. The molecule has 0 radical (unpaired) electrons. The molecule has 1 unspecified atom stereocenters. The van der Waals surface area contributed by atoms with Crippen molar-refractivity contribution in [2.45, 2.75) is 19.5 Å². The summed E-state index contributed by atoms with van der Waals surface area (Å²) in [6.07, 6.45) is 1.53. The lowest BCUT2D eigenvalue weighted by atomic mass is 9.91. The fraction of sp³-hybridized carbons (Fsp3) is 0.111. The van der Waals surface area contributed by atoms with Crippen molar-refractivity contribution in [1.29, 1.82) is 0 Å². The molecular formula is C27H21NO4. The zero-order valence-corrected chi connectivity index (χ0v) is 17.5. The van der Waals surface area contributed by atoms with Gasteiger partial charge < -0.3 is 14.4 Å². The Morgan fingerprint density at radius 3 is 2.44 bits per heavy atom. The Kier molecular flexibility index (Phi) is 4.86. The number of hydrogen-bond acceptors (Lipinski definition) is 4. The molecule has 0 spiro atoms. The second-order valence-electron chi connectivity index (χ2n) is 7.94. The Hall–Kier alpha value is -4.12. The first kappa shape index (κ1) is 19.8. The van der Waals surface area contributed by atoms with Gasteiger partial charge in [-0.1, -0.05) is 72.3 Å². The molecule has 1 aliphatic heterocycles. The molecule has 0 aliphatic carbocycles. The normalized spacial score (nSPS) is 17.9. The number of aliphatic hydroxyl groups is 1. The van der Waals surface area contributed by atoms with Gasteiger partial charge in [0, 0.05) is 5.56 Å². The molecule has 0 bridgehead atoms. The Balaban J connectivity index is 1.74. The van der Waals surface area contributed by atoms with Crippen molar-refractivity contribution in [3.63, 3.8) is 0 Å². The minimum atomic E-state index is -0.743. The van der Waals surface area contributed by atoms with E-state index in [-0.39, 0.29) is 17.9 Å². The van der Waals surface area contributed by atoms with Gasteiger partial charge in [-0.05, 0) is 35.4 Å². The van der Waals surface area contributed by atoms with Crippen LogP contribution in [0.2, 0.25) is 0 Å². The SMILES string of the molecule is Cc1ccc(/C(O)=C2/C(=O)C(=O)N(Cc3ccco3)C2c2cccc3ccccc23)cc1. The number of Topliss-reactive ketones (excluding diaryl/α,β-unsaturated/α-hetero) is 1. The van der Waals surface area contributed by atoms with E-state index in [0.29, 0.717) is 11.3 Å². The summed E-state index contributed by atoms with van der Waals surface area (Å²) < 4.78 is 5.46. The highest BCUT2D eigenvalue weighted by molar-refractivity contribution is 6.46. The first-order valence-corrected chi connectivity index (χ1v) is 10.4. The number of hydrogen-bond donors (Lipinski definition) is 1. The maximum atomic E-state index is 13.2. The smallest absolute Gasteiger partial charge is 0.296 e. The number of carbonyl (C=O) groups is 2. The van der Waals surface area contributed by atoms with E-state index in [1.807, 2.05) is 61.5 Å². The summed E-state index contributed by atoms with van der Waals surface area (Å²) in [5, 5.41) is 13.1. The van der Waals surface area contributed by atoms with Crippen LogP contribution in [0, 0.1) is 6.92 Å². The van der Waals surface area contributed by atoms with Crippen LogP contribution in [0.4, 0.5) is 0 Å². The zero-order valence-electron chi connectivity index (χ0n) is 17.5. The summed E-state index contributed by atoms with van der Waals surface area (Å²) in [4.78, 5) is 27.8. The number of benzene rings is 3. The number of ketones is 1.